The van der Waals surface area contributed by atoms with Gasteiger partial charge in [-0.2, -0.15) is 0 Å². The van der Waals surface area contributed by atoms with Gasteiger partial charge in [0.2, 0.25) is 0 Å². The molecule has 0 aromatic heterocycles. The van der Waals surface area contributed by atoms with E-state index in [0.29, 0.717) is 6.04 Å². The fourth-order valence-corrected chi connectivity index (χ4v) is 2.61. The van der Waals surface area contributed by atoms with Gasteiger partial charge in [-0.15, -0.1) is 0 Å². The summed E-state index contributed by atoms with van der Waals surface area (Å²) in [5, 5.41) is 3.59. The van der Waals surface area contributed by atoms with Crippen molar-refractivity contribution in [1.29, 1.82) is 0 Å². The van der Waals surface area contributed by atoms with Crippen molar-refractivity contribution in [2.24, 2.45) is 0 Å². The van der Waals surface area contributed by atoms with Crippen molar-refractivity contribution >= 4 is 21.6 Å². The first-order valence-electron chi connectivity index (χ1n) is 5.97. The predicted molar refractivity (Wildman–Crippen MR) is 74.8 cm³/mol. The quantitative estimate of drug-likeness (QED) is 0.928. The molecule has 1 aromatic rings. The van der Waals surface area contributed by atoms with Gasteiger partial charge in [-0.1, -0.05) is 0 Å². The van der Waals surface area contributed by atoms with Crippen molar-refractivity contribution in [3.63, 3.8) is 0 Å². The highest BCUT2D eigenvalue weighted by molar-refractivity contribution is 9.10. The second-order valence-electron chi connectivity index (χ2n) is 4.59. The van der Waals surface area contributed by atoms with Crippen LogP contribution in [0.5, 0.6) is 5.75 Å². The molecule has 94 valence electrons. The molecule has 0 amide bonds. The van der Waals surface area contributed by atoms with Crippen LogP contribution in [0.15, 0.2) is 22.7 Å². The normalized spacial score (nSPS) is 21.2. The van der Waals surface area contributed by atoms with E-state index >= 15 is 0 Å². The maximum absolute atomic E-state index is 5.25. The number of hydrogen-bond acceptors (Lipinski definition) is 3. The summed E-state index contributed by atoms with van der Waals surface area (Å²) in [6, 6.07) is 6.55. The lowest BCUT2D eigenvalue weighted by Gasteiger charge is -2.31. The Balaban J connectivity index is 2.06. The number of hydrogen-bond donors (Lipinski definition) is 1. The van der Waals surface area contributed by atoms with E-state index < -0.39 is 0 Å². The molecule has 1 N–H and O–H groups in total. The first-order valence-corrected chi connectivity index (χ1v) is 6.77. The van der Waals surface area contributed by atoms with Gasteiger partial charge in [0, 0.05) is 23.1 Å². The second kappa shape index (κ2) is 5.74. The molecule has 3 nitrogen and oxygen atoms in total. The highest BCUT2D eigenvalue weighted by atomic mass is 79.9. The van der Waals surface area contributed by atoms with Crippen LogP contribution < -0.4 is 10.1 Å². The number of nitrogens with zero attached hydrogens (tertiary/aromatic N) is 1. The van der Waals surface area contributed by atoms with Crippen molar-refractivity contribution in [3.8, 4) is 5.75 Å². The molecule has 2 rings (SSSR count). The fourth-order valence-electron chi connectivity index (χ4n) is 2.25. The van der Waals surface area contributed by atoms with E-state index in [9.17, 15) is 0 Å². The van der Waals surface area contributed by atoms with Crippen LogP contribution in [0.1, 0.15) is 12.8 Å². The van der Waals surface area contributed by atoms with Gasteiger partial charge >= 0.3 is 0 Å². The zero-order valence-corrected chi connectivity index (χ0v) is 12.0. The Morgan fingerprint density at radius 2 is 2.29 bits per heavy atom. The number of piperidine rings is 1. The van der Waals surface area contributed by atoms with Crippen molar-refractivity contribution in [2.45, 2.75) is 18.9 Å². The van der Waals surface area contributed by atoms with Crippen molar-refractivity contribution in [2.75, 3.05) is 32.6 Å². The number of halogens is 1. The molecule has 1 aliphatic heterocycles. The summed E-state index contributed by atoms with van der Waals surface area (Å²) in [4.78, 5) is 2.37. The number of nitrogens with one attached hydrogen (secondary N) is 1. The molecule has 1 saturated heterocycles. The largest absolute Gasteiger partial charge is 0.497 e. The zero-order valence-electron chi connectivity index (χ0n) is 10.4. The highest BCUT2D eigenvalue weighted by Gasteiger charge is 2.17. The topological polar surface area (TPSA) is 24.5 Å². The number of ether oxygens (including phenoxy) is 1. The molecule has 1 atom stereocenters. The van der Waals surface area contributed by atoms with Gasteiger partial charge in [-0.05, 0) is 54.5 Å². The Morgan fingerprint density at radius 1 is 1.47 bits per heavy atom. The Labute approximate surface area is 111 Å². The molecule has 1 fully saturated rings. The smallest absolute Gasteiger partial charge is 0.121 e. The van der Waals surface area contributed by atoms with E-state index in [1.165, 1.54) is 19.4 Å². The van der Waals surface area contributed by atoms with Crippen LogP contribution in [0.3, 0.4) is 0 Å². The van der Waals surface area contributed by atoms with Crippen LogP contribution in [-0.2, 0) is 0 Å². The minimum Gasteiger partial charge on any atom is -0.497 e. The molecule has 0 aliphatic carbocycles. The summed E-state index contributed by atoms with van der Waals surface area (Å²) < 4.78 is 6.34. The molecule has 0 radical (unpaired) electrons. The number of likely N-dealkylation sites (N-methyl/N-ethyl adjacent to an activating group) is 1. The standard InChI is InChI=1S/C13H19BrN2O/c1-16-7-3-4-10(9-16)15-13-8-11(17-2)5-6-12(13)14/h5-6,8,10,15H,3-4,7,9H2,1-2H3. The lowest BCUT2D eigenvalue weighted by molar-refractivity contribution is 0.261. The van der Waals surface area contributed by atoms with Gasteiger partial charge in [0.05, 0.1) is 12.8 Å². The summed E-state index contributed by atoms with van der Waals surface area (Å²) in [7, 11) is 3.87. The van der Waals surface area contributed by atoms with E-state index in [1.807, 2.05) is 18.2 Å². The van der Waals surface area contributed by atoms with E-state index in [4.69, 9.17) is 4.74 Å². The zero-order chi connectivity index (χ0) is 12.3. The Bertz CT molecular complexity index is 384. The van der Waals surface area contributed by atoms with Crippen LogP contribution in [0.25, 0.3) is 0 Å². The molecule has 1 aromatic carbocycles. The summed E-state index contributed by atoms with van der Waals surface area (Å²) in [6.45, 7) is 2.31. The van der Waals surface area contributed by atoms with Crippen LogP contribution in [0.4, 0.5) is 5.69 Å². The van der Waals surface area contributed by atoms with Crippen molar-refractivity contribution < 1.29 is 4.74 Å². The van der Waals surface area contributed by atoms with Gasteiger partial charge in [-0.3, -0.25) is 0 Å². The third-order valence-electron chi connectivity index (χ3n) is 3.16. The molecule has 1 heterocycles. The number of benzene rings is 1. The number of likely N-dealkylation sites (tertiary alicyclic amines) is 1. The molecule has 4 heteroatoms. The van der Waals surface area contributed by atoms with Gasteiger partial charge in [0.15, 0.2) is 0 Å². The molecule has 0 bridgehead atoms. The monoisotopic (exact) mass is 298 g/mol. The summed E-state index contributed by atoms with van der Waals surface area (Å²) >= 11 is 3.57. The minimum atomic E-state index is 0.525. The maximum atomic E-state index is 5.25. The summed E-state index contributed by atoms with van der Waals surface area (Å²) in [5.41, 5.74) is 1.12. The number of rotatable bonds is 3. The molecule has 1 aliphatic rings. The number of anilines is 1. The van der Waals surface area contributed by atoms with Gasteiger partial charge < -0.3 is 15.0 Å². The average Bonchev–Trinajstić information content (AvgIpc) is 2.32. The molecule has 1 unspecified atom stereocenters. The third-order valence-corrected chi connectivity index (χ3v) is 3.85. The van der Waals surface area contributed by atoms with E-state index in [-0.39, 0.29) is 0 Å². The van der Waals surface area contributed by atoms with Crippen molar-refractivity contribution in [3.05, 3.63) is 22.7 Å². The van der Waals surface area contributed by atoms with Gasteiger partial charge in [-0.25, -0.2) is 0 Å². The maximum Gasteiger partial charge on any atom is 0.121 e. The van der Waals surface area contributed by atoms with Crippen LogP contribution in [0.2, 0.25) is 0 Å². The highest BCUT2D eigenvalue weighted by Crippen LogP contribution is 2.28. The average molecular weight is 299 g/mol. The van der Waals surface area contributed by atoms with E-state index in [1.54, 1.807) is 7.11 Å². The van der Waals surface area contributed by atoms with Crippen LogP contribution >= 0.6 is 15.9 Å². The van der Waals surface area contributed by atoms with Crippen LogP contribution in [-0.4, -0.2) is 38.2 Å². The summed E-state index contributed by atoms with van der Waals surface area (Å²) in [6.07, 6.45) is 2.49. The lowest BCUT2D eigenvalue weighted by Crippen LogP contribution is -2.39. The molecular formula is C13H19BrN2O. The number of methoxy groups -OCH3 is 1. The third kappa shape index (κ3) is 3.36. The second-order valence-corrected chi connectivity index (χ2v) is 5.45. The summed E-state index contributed by atoms with van der Waals surface area (Å²) in [5.74, 6) is 0.889. The van der Waals surface area contributed by atoms with E-state index in [0.717, 1.165) is 22.5 Å². The fraction of sp³-hybridized carbons (Fsp3) is 0.538. The Kier molecular flexibility index (Phi) is 4.29. The van der Waals surface area contributed by atoms with Gasteiger partial charge in [0.25, 0.3) is 0 Å². The SMILES string of the molecule is COc1ccc(Br)c(NC2CCCN(C)C2)c1. The lowest BCUT2D eigenvalue weighted by atomic mass is 10.1. The molecule has 0 spiro atoms. The van der Waals surface area contributed by atoms with E-state index in [2.05, 4.69) is 33.2 Å². The molecular weight excluding hydrogens is 280 g/mol. The Morgan fingerprint density at radius 3 is 3.00 bits per heavy atom. The molecule has 17 heavy (non-hydrogen) atoms. The minimum absolute atomic E-state index is 0.525. The first kappa shape index (κ1) is 12.7. The van der Waals surface area contributed by atoms with Gasteiger partial charge in [0.1, 0.15) is 5.75 Å². The first-order chi connectivity index (χ1) is 8.19. The Hall–Kier alpha value is -0.740. The molecule has 0 saturated carbocycles. The van der Waals surface area contributed by atoms with Crippen LogP contribution in [0, 0.1) is 0 Å². The predicted octanol–water partition coefficient (Wildman–Crippen LogP) is 2.96. The van der Waals surface area contributed by atoms with Crippen molar-refractivity contribution in [1.82, 2.24) is 4.90 Å².